The van der Waals surface area contributed by atoms with E-state index in [1.165, 1.54) is 11.0 Å². The Bertz CT molecular complexity index is 1560. The highest BCUT2D eigenvalue weighted by molar-refractivity contribution is 6.07. The van der Waals surface area contributed by atoms with Crippen LogP contribution in [0.4, 0.5) is 19.0 Å². The van der Waals surface area contributed by atoms with Crippen molar-refractivity contribution in [2.24, 2.45) is 11.8 Å². The van der Waals surface area contributed by atoms with Crippen LogP contribution in [0.1, 0.15) is 89.4 Å². The van der Waals surface area contributed by atoms with E-state index in [1.54, 1.807) is 16.5 Å². The van der Waals surface area contributed by atoms with Crippen molar-refractivity contribution in [1.82, 2.24) is 20.0 Å². The van der Waals surface area contributed by atoms with E-state index in [1.807, 2.05) is 0 Å². The van der Waals surface area contributed by atoms with Crippen molar-refractivity contribution in [2.45, 2.75) is 81.7 Å². The van der Waals surface area contributed by atoms with E-state index in [9.17, 15) is 32.8 Å². The topological polar surface area (TPSA) is 121 Å². The van der Waals surface area contributed by atoms with Crippen LogP contribution in [0, 0.1) is 23.2 Å². The van der Waals surface area contributed by atoms with E-state index in [0.717, 1.165) is 37.5 Å². The summed E-state index contributed by atoms with van der Waals surface area (Å²) in [6.45, 7) is 3.05. The lowest BCUT2D eigenvalue weighted by atomic mass is 9.82. The fourth-order valence-corrected chi connectivity index (χ4v) is 7.42. The highest BCUT2D eigenvalue weighted by Crippen LogP contribution is 2.53. The van der Waals surface area contributed by atoms with E-state index < -0.39 is 35.6 Å². The third-order valence-electron chi connectivity index (χ3n) is 9.81. The Labute approximate surface area is 252 Å². The summed E-state index contributed by atoms with van der Waals surface area (Å²) >= 11 is 0. The molecule has 2 aromatic rings. The second-order valence-corrected chi connectivity index (χ2v) is 12.5. The number of rotatable bonds is 6. The van der Waals surface area contributed by atoms with Crippen LogP contribution in [0.25, 0.3) is 0 Å². The molecule has 2 saturated heterocycles. The molecule has 44 heavy (non-hydrogen) atoms. The van der Waals surface area contributed by atoms with Crippen LogP contribution < -0.4 is 10.2 Å². The normalized spacial score (nSPS) is 28.3. The number of halogens is 3. The van der Waals surface area contributed by atoms with E-state index in [4.69, 9.17) is 9.84 Å². The van der Waals surface area contributed by atoms with Gasteiger partial charge in [-0.25, -0.2) is 4.68 Å². The summed E-state index contributed by atoms with van der Waals surface area (Å²) in [6, 6.07) is 4.59. The van der Waals surface area contributed by atoms with Crippen LogP contribution in [0.2, 0.25) is 0 Å². The SMILES string of the molecule is CCN1C(=O)[C@@H](NC(=O)c2cccc(C(F)(F)F)c2)[C@@H](C2CC2)c2c(C(=O)N3[C@@H](C#N)CC4C[C@@H]43)nn(C3CCOCC3)c21. The lowest BCUT2D eigenvalue weighted by Gasteiger charge is -2.39. The molecule has 232 valence electrons. The van der Waals surface area contributed by atoms with Crippen molar-refractivity contribution in [3.8, 4) is 6.07 Å². The number of likely N-dealkylation sites (tertiary alicyclic amines) is 1. The Hall–Kier alpha value is -3.92. The van der Waals surface area contributed by atoms with E-state index in [2.05, 4.69) is 11.4 Å². The Balaban J connectivity index is 1.33. The first kappa shape index (κ1) is 28.8. The van der Waals surface area contributed by atoms with Crippen molar-refractivity contribution >= 4 is 23.5 Å². The number of hydrogen-bond donors (Lipinski definition) is 1. The molecule has 3 aliphatic heterocycles. The molecule has 5 atom stereocenters. The van der Waals surface area contributed by atoms with Crippen molar-refractivity contribution in [3.05, 3.63) is 46.6 Å². The Kier molecular flexibility index (Phi) is 6.95. The molecule has 10 nitrogen and oxygen atoms in total. The molecule has 3 amide bonds. The number of hydrogen-bond acceptors (Lipinski definition) is 6. The summed E-state index contributed by atoms with van der Waals surface area (Å²) in [4.78, 5) is 45.2. The van der Waals surface area contributed by atoms with Gasteiger partial charge in [-0.2, -0.15) is 23.5 Å². The van der Waals surface area contributed by atoms with Gasteiger partial charge >= 0.3 is 6.18 Å². The lowest BCUT2D eigenvalue weighted by Crippen LogP contribution is -2.56. The minimum absolute atomic E-state index is 0.0145. The molecule has 4 fully saturated rings. The maximum absolute atomic E-state index is 14.3. The number of amides is 3. The average molecular weight is 611 g/mol. The number of aromatic nitrogens is 2. The van der Waals surface area contributed by atoms with Gasteiger partial charge in [0.15, 0.2) is 5.69 Å². The molecule has 0 bridgehead atoms. The van der Waals surface area contributed by atoms with Gasteiger partial charge in [0.1, 0.15) is 17.9 Å². The first-order valence-electron chi connectivity index (χ1n) is 15.3. The first-order chi connectivity index (χ1) is 21.1. The third kappa shape index (κ3) is 4.74. The van der Waals surface area contributed by atoms with Crippen LogP contribution in [-0.4, -0.2) is 70.3 Å². The lowest BCUT2D eigenvalue weighted by molar-refractivity contribution is -0.137. The maximum atomic E-state index is 14.3. The average Bonchev–Trinajstić information content (AvgIpc) is 3.94. The molecule has 5 aliphatic rings. The number of carbonyl (C=O) groups excluding carboxylic acids is 3. The number of nitrogens with zero attached hydrogens (tertiary/aromatic N) is 5. The number of alkyl halides is 3. The van der Waals surface area contributed by atoms with Gasteiger partial charge in [0.05, 0.1) is 17.7 Å². The number of anilines is 1. The zero-order valence-corrected chi connectivity index (χ0v) is 24.2. The number of nitrogens with one attached hydrogen (secondary N) is 1. The molecule has 0 spiro atoms. The van der Waals surface area contributed by atoms with Crippen LogP contribution in [0.15, 0.2) is 24.3 Å². The number of piperidine rings is 1. The standard InChI is InChI=1S/C31H33F3N6O4/c1-2-38-28-24(23(16-6-7-16)25(29(38)42)36-27(41)17-4-3-5-19(12-17)31(32,33)34)26(37-40(28)20-8-10-44-11-9-20)30(43)39-21(15-35)13-18-14-22(18)39/h3-5,12,16,18,20-23,25H,2,6-11,13-14H2,1H3,(H,36,41)/t18?,21-,22+,23+,25+/m1/s1. The monoisotopic (exact) mass is 610 g/mol. The molecule has 4 heterocycles. The summed E-state index contributed by atoms with van der Waals surface area (Å²) in [6.07, 6.45) is -0.341. The highest BCUT2D eigenvalue weighted by Gasteiger charge is 2.57. The number of benzene rings is 1. The van der Waals surface area contributed by atoms with Crippen molar-refractivity contribution in [3.63, 3.8) is 0 Å². The van der Waals surface area contributed by atoms with Gasteiger partial charge in [-0.3, -0.25) is 19.3 Å². The minimum atomic E-state index is -4.63. The van der Waals surface area contributed by atoms with Gasteiger partial charge in [-0.05, 0) is 75.5 Å². The summed E-state index contributed by atoms with van der Waals surface area (Å²) in [5.41, 5.74) is -0.391. The van der Waals surface area contributed by atoms with Crippen molar-refractivity contribution in [1.29, 1.82) is 5.26 Å². The Morgan fingerprint density at radius 3 is 2.55 bits per heavy atom. The number of fused-ring (bicyclic) bond motifs is 2. The second-order valence-electron chi connectivity index (χ2n) is 12.5. The highest BCUT2D eigenvalue weighted by atomic mass is 19.4. The van der Waals surface area contributed by atoms with E-state index >= 15 is 0 Å². The summed E-state index contributed by atoms with van der Waals surface area (Å²) in [5.74, 6) is -1.32. The van der Waals surface area contributed by atoms with Crippen LogP contribution in [-0.2, 0) is 15.7 Å². The molecular weight excluding hydrogens is 577 g/mol. The molecule has 0 radical (unpaired) electrons. The van der Waals surface area contributed by atoms with Crippen molar-refractivity contribution < 1.29 is 32.3 Å². The Morgan fingerprint density at radius 1 is 1.14 bits per heavy atom. The van der Waals surface area contributed by atoms with Gasteiger partial charge in [0, 0.05) is 42.8 Å². The number of likely N-dealkylation sites (N-methyl/N-ethyl adjacent to an activating group) is 1. The zero-order chi connectivity index (χ0) is 30.9. The molecule has 1 unspecified atom stereocenters. The second kappa shape index (κ2) is 10.6. The van der Waals surface area contributed by atoms with Gasteiger partial charge in [-0.1, -0.05) is 6.07 Å². The summed E-state index contributed by atoms with van der Waals surface area (Å²) < 4.78 is 47.6. The quantitative estimate of drug-likeness (QED) is 0.527. The van der Waals surface area contributed by atoms with Gasteiger partial charge in [-0.15, -0.1) is 0 Å². The van der Waals surface area contributed by atoms with Crippen LogP contribution in [0.5, 0.6) is 0 Å². The minimum Gasteiger partial charge on any atom is -0.381 e. The summed E-state index contributed by atoms with van der Waals surface area (Å²) in [7, 11) is 0. The smallest absolute Gasteiger partial charge is 0.381 e. The van der Waals surface area contributed by atoms with E-state index in [-0.39, 0.29) is 47.6 Å². The zero-order valence-electron chi connectivity index (χ0n) is 24.2. The molecule has 7 rings (SSSR count). The van der Waals surface area contributed by atoms with Crippen molar-refractivity contribution in [2.75, 3.05) is 24.7 Å². The molecule has 2 saturated carbocycles. The first-order valence-corrected chi connectivity index (χ1v) is 15.3. The molecule has 1 aromatic carbocycles. The number of carbonyl (C=O) groups is 3. The molecule has 1 aromatic heterocycles. The van der Waals surface area contributed by atoms with Gasteiger partial charge < -0.3 is 15.0 Å². The number of ether oxygens (including phenoxy) is 1. The molecule has 13 heteroatoms. The van der Waals surface area contributed by atoms with Crippen LogP contribution >= 0.6 is 0 Å². The predicted octanol–water partition coefficient (Wildman–Crippen LogP) is 4.04. The van der Waals surface area contributed by atoms with Gasteiger partial charge in [0.2, 0.25) is 0 Å². The third-order valence-corrected chi connectivity index (χ3v) is 9.81. The summed E-state index contributed by atoms with van der Waals surface area (Å²) in [5, 5.41) is 17.5. The fourth-order valence-electron chi connectivity index (χ4n) is 7.42. The largest absolute Gasteiger partial charge is 0.416 e. The maximum Gasteiger partial charge on any atom is 0.416 e. The van der Waals surface area contributed by atoms with Crippen LogP contribution in [0.3, 0.4) is 0 Å². The number of nitriles is 1. The van der Waals surface area contributed by atoms with Gasteiger partial charge in [0.25, 0.3) is 17.7 Å². The molecular formula is C31H33F3N6O4. The fraction of sp³-hybridized carbons (Fsp3) is 0.581. The Morgan fingerprint density at radius 2 is 1.89 bits per heavy atom. The van der Waals surface area contributed by atoms with E-state index in [0.29, 0.717) is 49.8 Å². The predicted molar refractivity (Wildman–Crippen MR) is 150 cm³/mol. The molecule has 2 aliphatic carbocycles. The molecule has 1 N–H and O–H groups in total.